The lowest BCUT2D eigenvalue weighted by Gasteiger charge is -2.49. The number of para-hydroxylation sites is 2. The van der Waals surface area contributed by atoms with E-state index in [4.69, 9.17) is 14.2 Å². The van der Waals surface area contributed by atoms with Crippen LogP contribution in [-0.4, -0.2) is 65.1 Å². The molecule has 2 fully saturated rings. The van der Waals surface area contributed by atoms with Crippen molar-refractivity contribution >= 4 is 17.3 Å². The first-order valence-electron chi connectivity index (χ1n) is 11.9. The number of ether oxygens (including phenoxy) is 3. The summed E-state index contributed by atoms with van der Waals surface area (Å²) < 4.78 is 16.8. The van der Waals surface area contributed by atoms with Gasteiger partial charge in [-0.15, -0.1) is 0 Å². The third-order valence-corrected chi connectivity index (χ3v) is 7.22. The summed E-state index contributed by atoms with van der Waals surface area (Å²) in [5.74, 6) is 1.69. The van der Waals surface area contributed by atoms with Crippen LogP contribution in [0.15, 0.2) is 42.5 Å². The van der Waals surface area contributed by atoms with Crippen LogP contribution in [0.4, 0.5) is 11.4 Å². The van der Waals surface area contributed by atoms with Crippen LogP contribution in [0.3, 0.4) is 0 Å². The Kier molecular flexibility index (Phi) is 6.31. The summed E-state index contributed by atoms with van der Waals surface area (Å²) in [4.78, 5) is 18.2. The van der Waals surface area contributed by atoms with E-state index in [1.165, 1.54) is 11.3 Å². The minimum atomic E-state index is -0.134. The number of benzene rings is 2. The highest BCUT2D eigenvalue weighted by atomic mass is 16.5. The fourth-order valence-corrected chi connectivity index (χ4v) is 5.47. The number of hydrogen-bond donors (Lipinski definition) is 1. The van der Waals surface area contributed by atoms with E-state index >= 15 is 0 Å². The quantitative estimate of drug-likeness (QED) is 0.729. The van der Waals surface area contributed by atoms with E-state index in [0.717, 1.165) is 62.7 Å². The van der Waals surface area contributed by atoms with Crippen molar-refractivity contribution in [2.24, 2.45) is 5.92 Å². The third-order valence-electron chi connectivity index (χ3n) is 7.22. The molecule has 0 bridgehead atoms. The van der Waals surface area contributed by atoms with Crippen molar-refractivity contribution in [1.82, 2.24) is 5.32 Å². The fraction of sp³-hybridized carbons (Fsp3) is 0.500. The van der Waals surface area contributed by atoms with Gasteiger partial charge in [-0.1, -0.05) is 18.2 Å². The van der Waals surface area contributed by atoms with E-state index in [1.807, 2.05) is 24.3 Å². The minimum absolute atomic E-state index is 0.0627. The number of hydrogen-bond acceptors (Lipinski definition) is 6. The Bertz CT molecular complexity index is 991. The summed E-state index contributed by atoms with van der Waals surface area (Å²) in [5.41, 5.74) is 3.46. The maximum Gasteiger partial charge on any atom is 0.225 e. The molecule has 2 aromatic carbocycles. The normalized spacial score (nSPS) is 24.1. The molecule has 1 amide bonds. The number of piperazine rings is 1. The molecule has 2 saturated heterocycles. The standard InChI is InChI=1S/C26H33N3O4/c1-31-19-10-9-18-14-21(26(30)27-16-20-6-5-13-33-20)24-17-28(11-12-29(24)23(18)15-19)22-7-3-4-8-25(22)32-2/h3-4,7-10,15,20-21,24H,5-6,11-14,16-17H2,1-2H3,(H,27,30). The van der Waals surface area contributed by atoms with Crippen LogP contribution in [0.5, 0.6) is 11.5 Å². The van der Waals surface area contributed by atoms with Gasteiger partial charge in [-0.05, 0) is 43.0 Å². The largest absolute Gasteiger partial charge is 0.497 e. The Labute approximate surface area is 195 Å². The summed E-state index contributed by atoms with van der Waals surface area (Å²) in [6.45, 7) is 3.84. The maximum atomic E-state index is 13.4. The molecule has 0 saturated carbocycles. The second-order valence-corrected chi connectivity index (χ2v) is 9.06. The molecule has 0 radical (unpaired) electrons. The number of fused-ring (bicyclic) bond motifs is 3. The molecular formula is C26H33N3O4. The summed E-state index contributed by atoms with van der Waals surface area (Å²) in [5, 5.41) is 3.20. The van der Waals surface area contributed by atoms with Gasteiger partial charge < -0.3 is 29.3 Å². The van der Waals surface area contributed by atoms with E-state index in [2.05, 4.69) is 33.3 Å². The second kappa shape index (κ2) is 9.51. The van der Waals surface area contributed by atoms with Crippen molar-refractivity contribution in [2.45, 2.75) is 31.4 Å². The molecule has 3 aliphatic heterocycles. The molecule has 2 aromatic rings. The highest BCUT2D eigenvalue weighted by molar-refractivity contribution is 5.82. The first-order chi connectivity index (χ1) is 16.2. The Balaban J connectivity index is 1.42. The fourth-order valence-electron chi connectivity index (χ4n) is 5.47. The molecule has 5 rings (SSSR count). The molecule has 3 unspecified atom stereocenters. The minimum Gasteiger partial charge on any atom is -0.497 e. The number of carbonyl (C=O) groups excluding carboxylic acids is 1. The van der Waals surface area contributed by atoms with Gasteiger partial charge in [0.05, 0.1) is 38.0 Å². The van der Waals surface area contributed by atoms with Crippen LogP contribution in [0.2, 0.25) is 0 Å². The number of carbonyl (C=O) groups is 1. The van der Waals surface area contributed by atoms with Crippen molar-refractivity contribution in [3.63, 3.8) is 0 Å². The zero-order valence-electron chi connectivity index (χ0n) is 19.5. The third kappa shape index (κ3) is 4.34. The molecule has 0 aromatic heterocycles. The van der Waals surface area contributed by atoms with Crippen LogP contribution in [0.25, 0.3) is 0 Å². The average Bonchev–Trinajstić information content (AvgIpc) is 3.40. The summed E-state index contributed by atoms with van der Waals surface area (Å²) >= 11 is 0. The van der Waals surface area contributed by atoms with Crippen LogP contribution >= 0.6 is 0 Å². The predicted molar refractivity (Wildman–Crippen MR) is 129 cm³/mol. The van der Waals surface area contributed by atoms with Gasteiger partial charge >= 0.3 is 0 Å². The molecule has 3 aliphatic rings. The maximum absolute atomic E-state index is 13.4. The number of methoxy groups -OCH3 is 2. The number of amides is 1. The number of nitrogens with zero attached hydrogens (tertiary/aromatic N) is 2. The first kappa shape index (κ1) is 21.9. The van der Waals surface area contributed by atoms with E-state index in [-0.39, 0.29) is 24.0 Å². The van der Waals surface area contributed by atoms with Gasteiger partial charge in [0.2, 0.25) is 5.91 Å². The van der Waals surface area contributed by atoms with Gasteiger partial charge in [0, 0.05) is 44.5 Å². The van der Waals surface area contributed by atoms with E-state index in [1.54, 1.807) is 14.2 Å². The monoisotopic (exact) mass is 451 g/mol. The molecule has 0 aliphatic carbocycles. The van der Waals surface area contributed by atoms with Crippen LogP contribution in [-0.2, 0) is 16.0 Å². The van der Waals surface area contributed by atoms with Gasteiger partial charge in [-0.25, -0.2) is 0 Å². The Morgan fingerprint density at radius 2 is 2.00 bits per heavy atom. The number of anilines is 2. The van der Waals surface area contributed by atoms with E-state index in [0.29, 0.717) is 6.54 Å². The Morgan fingerprint density at radius 1 is 1.12 bits per heavy atom. The molecule has 176 valence electrons. The number of nitrogens with one attached hydrogen (secondary N) is 1. The van der Waals surface area contributed by atoms with Crippen molar-refractivity contribution < 1.29 is 19.0 Å². The molecule has 3 atom stereocenters. The van der Waals surface area contributed by atoms with Gasteiger partial charge in [0.25, 0.3) is 0 Å². The zero-order valence-corrected chi connectivity index (χ0v) is 19.5. The molecule has 7 nitrogen and oxygen atoms in total. The molecule has 1 N–H and O–H groups in total. The van der Waals surface area contributed by atoms with Gasteiger partial charge in [-0.2, -0.15) is 0 Å². The lowest BCUT2D eigenvalue weighted by atomic mass is 9.83. The topological polar surface area (TPSA) is 63.3 Å². The first-order valence-corrected chi connectivity index (χ1v) is 11.9. The highest BCUT2D eigenvalue weighted by Gasteiger charge is 2.42. The summed E-state index contributed by atoms with van der Waals surface area (Å²) in [7, 11) is 3.41. The Morgan fingerprint density at radius 3 is 2.79 bits per heavy atom. The highest BCUT2D eigenvalue weighted by Crippen LogP contribution is 2.40. The van der Waals surface area contributed by atoms with Gasteiger partial charge in [0.15, 0.2) is 0 Å². The van der Waals surface area contributed by atoms with E-state index < -0.39 is 0 Å². The summed E-state index contributed by atoms with van der Waals surface area (Å²) in [6.07, 6.45) is 2.95. The van der Waals surface area contributed by atoms with Crippen molar-refractivity contribution in [3.05, 3.63) is 48.0 Å². The smallest absolute Gasteiger partial charge is 0.225 e. The Hall–Kier alpha value is -2.93. The molecule has 7 heteroatoms. The predicted octanol–water partition coefficient (Wildman–Crippen LogP) is 2.87. The lowest BCUT2D eigenvalue weighted by molar-refractivity contribution is -0.126. The molecular weight excluding hydrogens is 418 g/mol. The van der Waals surface area contributed by atoms with Crippen molar-refractivity contribution in [2.75, 3.05) is 56.8 Å². The molecule has 0 spiro atoms. The molecule has 33 heavy (non-hydrogen) atoms. The van der Waals surface area contributed by atoms with Crippen molar-refractivity contribution in [1.29, 1.82) is 0 Å². The average molecular weight is 452 g/mol. The van der Waals surface area contributed by atoms with Crippen LogP contribution in [0.1, 0.15) is 18.4 Å². The summed E-state index contributed by atoms with van der Waals surface area (Å²) in [6, 6.07) is 14.4. The van der Waals surface area contributed by atoms with Gasteiger partial charge in [-0.3, -0.25) is 4.79 Å². The zero-order chi connectivity index (χ0) is 22.8. The van der Waals surface area contributed by atoms with Crippen LogP contribution < -0.4 is 24.6 Å². The second-order valence-electron chi connectivity index (χ2n) is 9.06. The van der Waals surface area contributed by atoms with Crippen molar-refractivity contribution in [3.8, 4) is 11.5 Å². The molecule has 3 heterocycles. The van der Waals surface area contributed by atoms with Crippen LogP contribution in [0, 0.1) is 5.92 Å². The number of rotatable bonds is 6. The lowest BCUT2D eigenvalue weighted by Crippen LogP contribution is -2.61. The SMILES string of the molecule is COc1ccc2c(c1)N1CCN(c3ccccc3OC)CC1C(C(=O)NCC1CCCO1)C2. The van der Waals surface area contributed by atoms with E-state index in [9.17, 15) is 4.79 Å². The van der Waals surface area contributed by atoms with Gasteiger partial charge in [0.1, 0.15) is 11.5 Å².